The van der Waals surface area contributed by atoms with Gasteiger partial charge in [0.2, 0.25) is 0 Å². The minimum Gasteiger partial charge on any atom is -0.462 e. The normalized spacial score (nSPS) is 14.1. The van der Waals surface area contributed by atoms with Crippen LogP contribution in [0.3, 0.4) is 0 Å². The molecule has 0 aromatic rings. The second-order valence-electron chi connectivity index (χ2n) is 25.7. The van der Waals surface area contributed by atoms with Crippen molar-refractivity contribution in [1.29, 1.82) is 0 Å². The molecule has 0 aliphatic rings. The summed E-state index contributed by atoms with van der Waals surface area (Å²) in [7, 11) is -9.90. The van der Waals surface area contributed by atoms with Crippen molar-refractivity contribution >= 4 is 39.5 Å². The summed E-state index contributed by atoms with van der Waals surface area (Å²) >= 11 is 0. The van der Waals surface area contributed by atoms with Gasteiger partial charge in [0.05, 0.1) is 26.4 Å². The van der Waals surface area contributed by atoms with Gasteiger partial charge in [0.15, 0.2) is 12.2 Å². The highest BCUT2D eigenvalue weighted by Crippen LogP contribution is 2.45. The van der Waals surface area contributed by atoms with Crippen LogP contribution in [-0.2, 0) is 65.4 Å². The van der Waals surface area contributed by atoms with Crippen molar-refractivity contribution in [3.05, 3.63) is 0 Å². The molecule has 19 heteroatoms. The minimum absolute atomic E-state index is 0.104. The molecule has 528 valence electrons. The summed E-state index contributed by atoms with van der Waals surface area (Å²) in [6.07, 6.45) is 50.0. The van der Waals surface area contributed by atoms with Crippen LogP contribution < -0.4 is 0 Å². The first kappa shape index (κ1) is 87.1. The number of phosphoric ester groups is 2. The standard InChI is InChI=1S/C70H136O17P2/c1-6-9-12-15-18-21-23-25-27-29-31-34-39-44-49-54-68(73)81-59-65(86-69(74)55-50-45-40-35-32-30-28-26-24-22-19-16-13-10-7-2)61-84-88(76,77)82-57-64(71)58-83-89(78,79)85-62-66(60-80-67(72)53-48-43-38-33-20-17-14-11-8-3)87-70(75)56-51-46-41-36-37-42-47-52-63(4)5/h63-66,71H,6-62H2,1-5H3,(H,76,77)(H,78,79)/t64-,65-,66-/m1/s1. The number of phosphoric acid groups is 2. The Morgan fingerprint density at radius 3 is 0.764 bits per heavy atom. The van der Waals surface area contributed by atoms with Crippen molar-refractivity contribution in [1.82, 2.24) is 0 Å². The number of rotatable bonds is 70. The van der Waals surface area contributed by atoms with Gasteiger partial charge in [-0.05, 0) is 31.6 Å². The highest BCUT2D eigenvalue weighted by Gasteiger charge is 2.30. The molecule has 0 fully saturated rings. The molecule has 0 rings (SSSR count). The number of aliphatic hydroxyl groups excluding tert-OH is 1. The molecule has 3 N–H and O–H groups in total. The van der Waals surface area contributed by atoms with Gasteiger partial charge in [0, 0.05) is 25.7 Å². The van der Waals surface area contributed by atoms with Crippen molar-refractivity contribution in [2.75, 3.05) is 39.6 Å². The quantitative estimate of drug-likeness (QED) is 0.0222. The zero-order valence-corrected chi connectivity index (χ0v) is 59.4. The fourth-order valence-corrected chi connectivity index (χ4v) is 12.2. The Morgan fingerprint density at radius 1 is 0.303 bits per heavy atom. The number of unbranched alkanes of at least 4 members (excludes halogenated alkanes) is 42. The first-order chi connectivity index (χ1) is 43.0. The molecule has 89 heavy (non-hydrogen) atoms. The highest BCUT2D eigenvalue weighted by atomic mass is 31.2. The number of hydrogen-bond acceptors (Lipinski definition) is 15. The monoisotopic (exact) mass is 1310 g/mol. The van der Waals surface area contributed by atoms with E-state index in [4.69, 9.17) is 37.0 Å². The molecule has 2 unspecified atom stereocenters. The molecule has 0 aliphatic carbocycles. The molecule has 0 heterocycles. The van der Waals surface area contributed by atoms with Crippen molar-refractivity contribution in [3.8, 4) is 0 Å². The van der Waals surface area contributed by atoms with E-state index >= 15 is 0 Å². The Bertz CT molecular complexity index is 1720. The van der Waals surface area contributed by atoms with E-state index in [0.29, 0.717) is 31.6 Å². The summed E-state index contributed by atoms with van der Waals surface area (Å²) in [6, 6.07) is 0. The van der Waals surface area contributed by atoms with Crippen molar-refractivity contribution in [2.24, 2.45) is 5.92 Å². The van der Waals surface area contributed by atoms with Crippen LogP contribution in [0, 0.1) is 5.92 Å². The third-order valence-electron chi connectivity index (χ3n) is 16.3. The molecule has 0 radical (unpaired) electrons. The Kier molecular flexibility index (Phi) is 62.1. The molecule has 0 saturated heterocycles. The summed E-state index contributed by atoms with van der Waals surface area (Å²) in [4.78, 5) is 72.5. The molecule has 0 amide bonds. The number of carbonyl (C=O) groups is 4. The van der Waals surface area contributed by atoms with E-state index in [-0.39, 0.29) is 25.7 Å². The number of hydrogen-bond donors (Lipinski definition) is 3. The van der Waals surface area contributed by atoms with Crippen LogP contribution in [0.25, 0.3) is 0 Å². The van der Waals surface area contributed by atoms with E-state index < -0.39 is 97.5 Å². The van der Waals surface area contributed by atoms with Crippen molar-refractivity contribution in [2.45, 2.75) is 380 Å². The second kappa shape index (κ2) is 63.5. The number of aliphatic hydroxyl groups is 1. The summed E-state index contributed by atoms with van der Waals surface area (Å²) in [5.41, 5.74) is 0. The van der Waals surface area contributed by atoms with Gasteiger partial charge in [-0.1, -0.05) is 311 Å². The van der Waals surface area contributed by atoms with Crippen LogP contribution in [0.1, 0.15) is 362 Å². The lowest BCUT2D eigenvalue weighted by atomic mass is 10.0. The lowest BCUT2D eigenvalue weighted by molar-refractivity contribution is -0.161. The average Bonchev–Trinajstić information content (AvgIpc) is 3.58. The van der Waals surface area contributed by atoms with Gasteiger partial charge >= 0.3 is 39.5 Å². The van der Waals surface area contributed by atoms with Crippen molar-refractivity contribution in [3.63, 3.8) is 0 Å². The number of esters is 4. The molecular formula is C70H136O17P2. The molecule has 0 aromatic heterocycles. The molecule has 17 nitrogen and oxygen atoms in total. The van der Waals surface area contributed by atoms with Gasteiger partial charge in [0.25, 0.3) is 0 Å². The number of ether oxygens (including phenoxy) is 4. The first-order valence-corrected chi connectivity index (χ1v) is 39.6. The Balaban J connectivity index is 5.22. The van der Waals surface area contributed by atoms with Crippen LogP contribution in [0.5, 0.6) is 0 Å². The Hall–Kier alpha value is -1.94. The lowest BCUT2D eigenvalue weighted by Crippen LogP contribution is -2.30. The predicted octanol–water partition coefficient (Wildman–Crippen LogP) is 20.1. The fourth-order valence-electron chi connectivity index (χ4n) is 10.6. The SMILES string of the molecule is CCCCCCCCCCCCCCCCCC(=O)OC[C@H](COP(=O)(O)OC[C@@H](O)COP(=O)(O)OC[C@@H](COC(=O)CCCCCCCCCCC)OC(=O)CCCCCCCCCC(C)C)OC(=O)CCCCCCCCCCCCCCCCC. The highest BCUT2D eigenvalue weighted by molar-refractivity contribution is 7.47. The van der Waals surface area contributed by atoms with Crippen LogP contribution in [0.4, 0.5) is 0 Å². The van der Waals surface area contributed by atoms with Gasteiger partial charge in [0.1, 0.15) is 19.3 Å². The molecule has 0 saturated carbocycles. The molecule has 0 spiro atoms. The van der Waals surface area contributed by atoms with Gasteiger partial charge < -0.3 is 33.8 Å². The zero-order chi connectivity index (χ0) is 65.6. The van der Waals surface area contributed by atoms with Crippen LogP contribution in [-0.4, -0.2) is 96.7 Å². The molecule has 5 atom stereocenters. The summed E-state index contributed by atoms with van der Waals surface area (Å²) in [5, 5.41) is 10.6. The first-order valence-electron chi connectivity index (χ1n) is 36.6. The van der Waals surface area contributed by atoms with E-state index in [9.17, 15) is 43.2 Å². The van der Waals surface area contributed by atoms with Crippen LogP contribution in [0.2, 0.25) is 0 Å². The summed E-state index contributed by atoms with van der Waals surface area (Å²) < 4.78 is 68.2. The van der Waals surface area contributed by atoms with Crippen LogP contribution in [0.15, 0.2) is 0 Å². The third-order valence-corrected chi connectivity index (χ3v) is 18.2. The van der Waals surface area contributed by atoms with E-state index in [1.807, 2.05) is 0 Å². The largest absolute Gasteiger partial charge is 0.472 e. The predicted molar refractivity (Wildman–Crippen MR) is 358 cm³/mol. The Labute approximate surface area is 543 Å². The number of carbonyl (C=O) groups excluding carboxylic acids is 4. The molecule has 0 aliphatic heterocycles. The van der Waals surface area contributed by atoms with E-state index in [0.717, 1.165) is 89.9 Å². The molecular weight excluding hydrogens is 1170 g/mol. The van der Waals surface area contributed by atoms with E-state index in [2.05, 4.69) is 34.6 Å². The zero-order valence-electron chi connectivity index (χ0n) is 57.6. The maximum Gasteiger partial charge on any atom is 0.472 e. The Morgan fingerprint density at radius 2 is 0.517 bits per heavy atom. The lowest BCUT2D eigenvalue weighted by Gasteiger charge is -2.21. The maximum absolute atomic E-state index is 13.0. The maximum atomic E-state index is 13.0. The fraction of sp³-hybridized carbons (Fsp3) is 0.943. The van der Waals surface area contributed by atoms with Gasteiger partial charge in [-0.3, -0.25) is 37.3 Å². The molecule has 0 aromatic carbocycles. The summed E-state index contributed by atoms with van der Waals surface area (Å²) in [5.74, 6) is -1.43. The second-order valence-corrected chi connectivity index (χ2v) is 28.7. The topological polar surface area (TPSA) is 237 Å². The van der Waals surface area contributed by atoms with E-state index in [1.165, 1.54) is 186 Å². The smallest absolute Gasteiger partial charge is 0.462 e. The molecule has 0 bridgehead atoms. The van der Waals surface area contributed by atoms with Crippen molar-refractivity contribution < 1.29 is 80.2 Å². The average molecular weight is 1310 g/mol. The third kappa shape index (κ3) is 64.6. The van der Waals surface area contributed by atoms with Gasteiger partial charge in [-0.15, -0.1) is 0 Å². The van der Waals surface area contributed by atoms with Crippen LogP contribution >= 0.6 is 15.6 Å². The summed E-state index contributed by atoms with van der Waals surface area (Å²) in [6.45, 7) is 7.17. The minimum atomic E-state index is -4.95. The van der Waals surface area contributed by atoms with Gasteiger partial charge in [-0.25, -0.2) is 9.13 Å². The van der Waals surface area contributed by atoms with Gasteiger partial charge in [-0.2, -0.15) is 0 Å². The van der Waals surface area contributed by atoms with E-state index in [1.54, 1.807) is 0 Å².